The predicted octanol–water partition coefficient (Wildman–Crippen LogP) is 2.62. The van der Waals surface area contributed by atoms with E-state index in [1.807, 2.05) is 0 Å². The Labute approximate surface area is 168 Å². The van der Waals surface area contributed by atoms with Gasteiger partial charge in [0.15, 0.2) is 0 Å². The summed E-state index contributed by atoms with van der Waals surface area (Å²) in [4.78, 5) is 11.3. The Bertz CT molecular complexity index is 701. The molecule has 0 atom stereocenters. The molecule has 0 bridgehead atoms. The van der Waals surface area contributed by atoms with Gasteiger partial charge < -0.3 is 10.8 Å². The SMILES string of the molecule is NCCC(=O)NOB(O)c1c(C(F)(F)C(F)(F)Cl)cccc1C(F)(F)C(F)(F)Cl. The molecule has 16 heteroatoms. The number of hydrogen-bond donors (Lipinski definition) is 3. The van der Waals surface area contributed by atoms with E-state index in [1.165, 1.54) is 5.48 Å². The molecule has 4 N–H and O–H groups in total. The number of alkyl halides is 10. The van der Waals surface area contributed by atoms with E-state index in [0.717, 1.165) is 0 Å². The van der Waals surface area contributed by atoms with Gasteiger partial charge in [0.2, 0.25) is 5.91 Å². The monoisotopic (exact) mass is 476 g/mol. The zero-order chi connectivity index (χ0) is 22.8. The normalized spacial score (nSPS) is 13.4. The van der Waals surface area contributed by atoms with Crippen LogP contribution in [0.1, 0.15) is 17.5 Å². The van der Waals surface area contributed by atoms with E-state index in [9.17, 15) is 44.9 Å². The van der Waals surface area contributed by atoms with E-state index in [4.69, 9.17) is 5.73 Å². The molecule has 1 aromatic carbocycles. The Morgan fingerprint density at radius 1 is 1.03 bits per heavy atom. The molecular weight excluding hydrogens is 466 g/mol. The second-order valence-corrected chi connectivity index (χ2v) is 6.39. The van der Waals surface area contributed by atoms with Gasteiger partial charge in [0.05, 0.1) is 0 Å². The summed E-state index contributed by atoms with van der Waals surface area (Å²) >= 11 is 8.62. The topological polar surface area (TPSA) is 84.6 Å². The van der Waals surface area contributed by atoms with Crippen LogP contribution < -0.4 is 16.7 Å². The van der Waals surface area contributed by atoms with E-state index in [2.05, 4.69) is 28.0 Å². The van der Waals surface area contributed by atoms with Gasteiger partial charge in [-0.2, -0.15) is 35.1 Å². The molecule has 0 aromatic heterocycles. The second-order valence-electron chi connectivity index (χ2n) is 5.45. The van der Waals surface area contributed by atoms with E-state index in [0.29, 0.717) is 6.07 Å². The van der Waals surface area contributed by atoms with Gasteiger partial charge in [-0.15, -0.1) is 0 Å². The maximum absolute atomic E-state index is 14.1. The van der Waals surface area contributed by atoms with Gasteiger partial charge in [0.25, 0.3) is 0 Å². The van der Waals surface area contributed by atoms with Crippen molar-refractivity contribution in [2.45, 2.75) is 29.0 Å². The van der Waals surface area contributed by atoms with Crippen LogP contribution in [0.4, 0.5) is 35.1 Å². The Kier molecular flexibility index (Phi) is 7.79. The van der Waals surface area contributed by atoms with Crippen molar-refractivity contribution in [1.29, 1.82) is 0 Å². The Hall–Kier alpha value is -1.35. The van der Waals surface area contributed by atoms with Gasteiger partial charge in [-0.3, -0.25) is 9.55 Å². The lowest BCUT2D eigenvalue weighted by Gasteiger charge is -2.29. The molecule has 1 rings (SSSR count). The number of carbonyl (C=O) groups is 1. The van der Waals surface area contributed by atoms with Gasteiger partial charge in [-0.1, -0.05) is 18.2 Å². The smallest absolute Gasteiger partial charge is 0.422 e. The highest BCUT2D eigenvalue weighted by Gasteiger charge is 2.62. The molecule has 0 heterocycles. The Morgan fingerprint density at radius 2 is 1.45 bits per heavy atom. The summed E-state index contributed by atoms with van der Waals surface area (Å²) in [5.41, 5.74) is 0.396. The summed E-state index contributed by atoms with van der Waals surface area (Å²) in [5, 5.41) is -0.928. The van der Waals surface area contributed by atoms with Crippen molar-refractivity contribution in [2.75, 3.05) is 6.54 Å². The number of benzene rings is 1. The number of carbonyl (C=O) groups excluding carboxylic acids is 1. The number of hydrogen-bond acceptors (Lipinski definition) is 4. The summed E-state index contributed by atoms with van der Waals surface area (Å²) in [6.07, 6.45) is -0.437. The summed E-state index contributed by atoms with van der Waals surface area (Å²) < 4.78 is 113. The lowest BCUT2D eigenvalue weighted by molar-refractivity contribution is -0.167. The molecule has 0 saturated carbocycles. The summed E-state index contributed by atoms with van der Waals surface area (Å²) in [6.45, 7) is -0.250. The quantitative estimate of drug-likeness (QED) is 0.221. The first-order chi connectivity index (χ1) is 13.0. The highest BCUT2D eigenvalue weighted by Crippen LogP contribution is 2.48. The van der Waals surface area contributed by atoms with Crippen LogP contribution in [0.15, 0.2) is 18.2 Å². The van der Waals surface area contributed by atoms with Crippen molar-refractivity contribution in [3.8, 4) is 0 Å². The number of hydroxylamine groups is 1. The first-order valence-corrected chi connectivity index (χ1v) is 8.09. The molecule has 5 nitrogen and oxygen atoms in total. The third-order valence-corrected chi connectivity index (χ3v) is 3.87. The number of rotatable bonds is 9. The summed E-state index contributed by atoms with van der Waals surface area (Å²) in [6, 6.07) is 0.540. The van der Waals surface area contributed by atoms with Crippen LogP contribution in [0.5, 0.6) is 0 Å². The minimum atomic E-state index is -5.44. The van der Waals surface area contributed by atoms with Gasteiger partial charge >= 0.3 is 29.7 Å². The summed E-state index contributed by atoms with van der Waals surface area (Å²) in [5.74, 6) is -12.0. The molecule has 0 radical (unpaired) electrons. The van der Waals surface area contributed by atoms with E-state index < -0.39 is 58.6 Å². The lowest BCUT2D eigenvalue weighted by Crippen LogP contribution is -2.51. The van der Waals surface area contributed by atoms with Crippen molar-refractivity contribution < 1.29 is 49.7 Å². The number of nitrogens with one attached hydrogen (secondary N) is 1. The van der Waals surface area contributed by atoms with Crippen LogP contribution in [0.25, 0.3) is 0 Å². The fourth-order valence-electron chi connectivity index (χ4n) is 2.05. The highest BCUT2D eigenvalue weighted by molar-refractivity contribution is 6.61. The van der Waals surface area contributed by atoms with Crippen molar-refractivity contribution in [1.82, 2.24) is 5.48 Å². The van der Waals surface area contributed by atoms with Crippen molar-refractivity contribution in [3.05, 3.63) is 29.3 Å². The average molecular weight is 477 g/mol. The first kappa shape index (κ1) is 25.7. The van der Waals surface area contributed by atoms with Crippen molar-refractivity contribution in [3.63, 3.8) is 0 Å². The van der Waals surface area contributed by atoms with Crippen molar-refractivity contribution in [2.24, 2.45) is 5.73 Å². The maximum Gasteiger partial charge on any atom is 0.515 e. The zero-order valence-electron chi connectivity index (χ0n) is 13.8. The van der Waals surface area contributed by atoms with Crippen LogP contribution >= 0.6 is 23.2 Å². The van der Waals surface area contributed by atoms with Crippen LogP contribution in [0.3, 0.4) is 0 Å². The molecule has 0 aliphatic heterocycles. The van der Waals surface area contributed by atoms with E-state index in [-0.39, 0.29) is 18.7 Å². The number of amides is 1. The van der Waals surface area contributed by atoms with Crippen LogP contribution in [-0.4, -0.2) is 35.4 Å². The van der Waals surface area contributed by atoms with Crippen LogP contribution in [0.2, 0.25) is 0 Å². The number of halogens is 10. The van der Waals surface area contributed by atoms with Gasteiger partial charge in [-0.05, 0) is 23.2 Å². The van der Waals surface area contributed by atoms with Gasteiger partial charge in [0, 0.05) is 29.6 Å². The van der Waals surface area contributed by atoms with Gasteiger partial charge in [0.1, 0.15) is 0 Å². The molecule has 1 aromatic rings. The molecule has 29 heavy (non-hydrogen) atoms. The van der Waals surface area contributed by atoms with E-state index in [1.54, 1.807) is 0 Å². The second kappa shape index (κ2) is 8.80. The largest absolute Gasteiger partial charge is 0.515 e. The fourth-order valence-corrected chi connectivity index (χ4v) is 2.25. The minimum Gasteiger partial charge on any atom is -0.422 e. The molecule has 0 saturated heterocycles. The third-order valence-electron chi connectivity index (χ3n) is 3.40. The predicted molar refractivity (Wildman–Crippen MR) is 86.3 cm³/mol. The molecule has 164 valence electrons. The molecule has 1 amide bonds. The Morgan fingerprint density at radius 3 is 1.79 bits per heavy atom. The van der Waals surface area contributed by atoms with Crippen LogP contribution in [0, 0.1) is 0 Å². The fraction of sp³-hybridized carbons (Fsp3) is 0.462. The Balaban J connectivity index is 3.64. The van der Waals surface area contributed by atoms with Crippen LogP contribution in [-0.2, 0) is 21.4 Å². The lowest BCUT2D eigenvalue weighted by atomic mass is 9.71. The first-order valence-electron chi connectivity index (χ1n) is 7.34. The molecule has 0 fully saturated rings. The molecule has 0 aliphatic rings. The number of nitrogens with two attached hydrogens (primary N) is 1. The average Bonchev–Trinajstić information content (AvgIpc) is 2.57. The standard InChI is InChI=1S/C13H11BCl2F8N2O3/c15-12(21,22)10(17,18)6-2-1-3-7(11(19,20)13(16,23)24)9(6)14(28)29-26-8(27)4-5-25/h1-3,28H,4-5,25H2,(H,26,27). The minimum absolute atomic E-state index is 0.117. The molecular formula is C13H11BCl2F8N2O3. The highest BCUT2D eigenvalue weighted by atomic mass is 35.5. The molecule has 0 aliphatic carbocycles. The maximum atomic E-state index is 14.1. The molecule has 0 unspecified atom stereocenters. The summed E-state index contributed by atoms with van der Waals surface area (Å²) in [7, 11) is -3.03. The zero-order valence-corrected chi connectivity index (χ0v) is 15.4. The van der Waals surface area contributed by atoms with Gasteiger partial charge in [-0.25, -0.2) is 5.48 Å². The third kappa shape index (κ3) is 5.42. The molecule has 0 spiro atoms. The van der Waals surface area contributed by atoms with Crippen molar-refractivity contribution >= 4 is 41.7 Å². The van der Waals surface area contributed by atoms with E-state index >= 15 is 0 Å².